The van der Waals surface area contributed by atoms with Gasteiger partial charge in [0.2, 0.25) is 11.8 Å². The Morgan fingerprint density at radius 2 is 2.05 bits per heavy atom. The molecule has 2 rings (SSSR count). The molecule has 2 N–H and O–H groups in total. The smallest absolute Gasteiger partial charge is 0.246 e. The molecule has 0 bridgehead atoms. The summed E-state index contributed by atoms with van der Waals surface area (Å²) in [4.78, 5) is 29.1. The van der Waals surface area contributed by atoms with Gasteiger partial charge in [-0.3, -0.25) is 9.59 Å². The minimum atomic E-state index is -0.443. The predicted octanol–water partition coefficient (Wildman–Crippen LogP) is -0.206. The molecule has 0 unspecified atom stereocenters. The largest absolute Gasteiger partial charge is 0.342 e. The third-order valence-electron chi connectivity index (χ3n) is 4.82. The van der Waals surface area contributed by atoms with Crippen LogP contribution >= 0.6 is 0 Å². The second kappa shape index (κ2) is 6.75. The molecule has 2 aliphatic rings. The molecule has 120 valence electrons. The first-order valence-corrected chi connectivity index (χ1v) is 7.92. The number of nitrogens with zero attached hydrogens (tertiary/aromatic N) is 2. The summed E-state index contributed by atoms with van der Waals surface area (Å²) in [5, 5.41) is 5.83. The van der Waals surface area contributed by atoms with Crippen LogP contribution in [-0.4, -0.2) is 73.0 Å². The second-order valence-electron chi connectivity index (χ2n) is 6.45. The van der Waals surface area contributed by atoms with Crippen LogP contribution in [0.4, 0.5) is 0 Å². The summed E-state index contributed by atoms with van der Waals surface area (Å²) in [6.07, 6.45) is 3.17. The van der Waals surface area contributed by atoms with Gasteiger partial charge < -0.3 is 20.4 Å². The fraction of sp³-hybridized carbons (Fsp3) is 0.867. The number of carbonyl (C=O) groups is 2. The number of amides is 2. The van der Waals surface area contributed by atoms with Gasteiger partial charge in [-0.1, -0.05) is 0 Å². The zero-order valence-corrected chi connectivity index (χ0v) is 13.6. The molecule has 0 aromatic heterocycles. The van der Waals surface area contributed by atoms with E-state index in [1.54, 1.807) is 14.0 Å². The molecule has 2 fully saturated rings. The lowest BCUT2D eigenvalue weighted by Gasteiger charge is -2.37. The maximum Gasteiger partial charge on any atom is 0.246 e. The maximum atomic E-state index is 12.8. The summed E-state index contributed by atoms with van der Waals surface area (Å²) in [6, 6.07) is -0.120. The molecule has 2 heterocycles. The number of hydrogen-bond donors (Lipinski definition) is 2. The molecular weight excluding hydrogens is 268 g/mol. The van der Waals surface area contributed by atoms with Crippen LogP contribution in [0, 0.1) is 0 Å². The highest BCUT2D eigenvalue weighted by Crippen LogP contribution is 2.28. The molecule has 0 aromatic carbocycles. The summed E-state index contributed by atoms with van der Waals surface area (Å²) in [5.74, 6) is -0.0403. The Labute approximate surface area is 127 Å². The number of rotatable bonds is 3. The van der Waals surface area contributed by atoms with E-state index in [1.807, 2.05) is 11.9 Å². The Balaban J connectivity index is 2.13. The zero-order valence-electron chi connectivity index (χ0n) is 13.6. The zero-order chi connectivity index (χ0) is 15.6. The molecule has 0 spiro atoms. The monoisotopic (exact) mass is 296 g/mol. The minimum absolute atomic E-state index is 0.0770. The minimum Gasteiger partial charge on any atom is -0.342 e. The molecule has 2 saturated heterocycles. The van der Waals surface area contributed by atoms with Crippen LogP contribution in [0.5, 0.6) is 0 Å². The van der Waals surface area contributed by atoms with E-state index in [1.165, 1.54) is 0 Å². The Morgan fingerprint density at radius 1 is 1.33 bits per heavy atom. The van der Waals surface area contributed by atoms with E-state index in [-0.39, 0.29) is 23.9 Å². The first-order valence-electron chi connectivity index (χ1n) is 7.92. The molecule has 0 radical (unpaired) electrons. The van der Waals surface area contributed by atoms with Gasteiger partial charge in [-0.05, 0) is 53.8 Å². The van der Waals surface area contributed by atoms with E-state index < -0.39 is 6.04 Å². The van der Waals surface area contributed by atoms with E-state index in [0.29, 0.717) is 12.6 Å². The quantitative estimate of drug-likeness (QED) is 0.757. The van der Waals surface area contributed by atoms with Crippen molar-refractivity contribution in [2.75, 3.05) is 27.2 Å². The lowest BCUT2D eigenvalue weighted by molar-refractivity contribution is -0.140. The third kappa shape index (κ3) is 3.55. The summed E-state index contributed by atoms with van der Waals surface area (Å²) in [5.41, 5.74) is 0. The average molecular weight is 296 g/mol. The highest BCUT2D eigenvalue weighted by molar-refractivity contribution is 5.90. The van der Waals surface area contributed by atoms with Crippen LogP contribution in [-0.2, 0) is 9.59 Å². The number of nitrogens with one attached hydrogen (secondary N) is 2. The number of hydrogen-bond acceptors (Lipinski definition) is 4. The van der Waals surface area contributed by atoms with E-state index >= 15 is 0 Å². The molecule has 0 saturated carbocycles. The van der Waals surface area contributed by atoms with Crippen LogP contribution in [0.2, 0.25) is 0 Å². The lowest BCUT2D eigenvalue weighted by atomic mass is 10.1. The molecule has 0 aliphatic carbocycles. The fourth-order valence-corrected chi connectivity index (χ4v) is 3.32. The van der Waals surface area contributed by atoms with Gasteiger partial charge in [0.05, 0.1) is 6.04 Å². The van der Waals surface area contributed by atoms with Crippen LogP contribution in [0.25, 0.3) is 0 Å². The summed E-state index contributed by atoms with van der Waals surface area (Å²) in [6.45, 7) is 5.46. The van der Waals surface area contributed by atoms with Crippen molar-refractivity contribution in [1.29, 1.82) is 0 Å². The summed E-state index contributed by atoms with van der Waals surface area (Å²) < 4.78 is 0. The van der Waals surface area contributed by atoms with Crippen molar-refractivity contribution in [2.45, 2.75) is 57.3 Å². The summed E-state index contributed by atoms with van der Waals surface area (Å²) >= 11 is 0. The van der Waals surface area contributed by atoms with Gasteiger partial charge >= 0.3 is 0 Å². The summed E-state index contributed by atoms with van der Waals surface area (Å²) in [7, 11) is 3.76. The average Bonchev–Trinajstić information content (AvgIpc) is 2.82. The SMILES string of the molecule is CN[C@@H](C)C(=O)N[C@H]1CN(C)CC[C@H]2CC[C@@H](C)N2C1=O. The Hall–Kier alpha value is -1.14. The standard InChI is InChI=1S/C15H28N4O2/c1-10-5-6-12-7-8-18(4)9-13(15(21)19(10)12)17-14(20)11(2)16-3/h10-13,16H,5-9H2,1-4H3,(H,17,20)/t10-,11+,12-,13+/m1/s1. The van der Waals surface area contributed by atoms with Crippen molar-refractivity contribution in [3.05, 3.63) is 0 Å². The topological polar surface area (TPSA) is 64.7 Å². The van der Waals surface area contributed by atoms with Crippen molar-refractivity contribution >= 4 is 11.8 Å². The van der Waals surface area contributed by atoms with Crippen molar-refractivity contribution in [1.82, 2.24) is 20.4 Å². The Kier molecular flexibility index (Phi) is 5.22. The highest BCUT2D eigenvalue weighted by atomic mass is 16.2. The van der Waals surface area contributed by atoms with Crippen LogP contribution in [0.15, 0.2) is 0 Å². The van der Waals surface area contributed by atoms with Gasteiger partial charge in [0, 0.05) is 18.6 Å². The predicted molar refractivity (Wildman–Crippen MR) is 81.9 cm³/mol. The molecule has 4 atom stereocenters. The first kappa shape index (κ1) is 16.2. The van der Waals surface area contributed by atoms with Crippen LogP contribution in [0.1, 0.15) is 33.1 Å². The van der Waals surface area contributed by atoms with Gasteiger partial charge in [-0.15, -0.1) is 0 Å². The van der Waals surface area contributed by atoms with Crippen LogP contribution < -0.4 is 10.6 Å². The molecule has 2 aliphatic heterocycles. The highest BCUT2D eigenvalue weighted by Gasteiger charge is 2.39. The second-order valence-corrected chi connectivity index (χ2v) is 6.45. The first-order chi connectivity index (χ1) is 9.93. The van der Waals surface area contributed by atoms with Gasteiger partial charge in [-0.2, -0.15) is 0 Å². The van der Waals surface area contributed by atoms with E-state index in [4.69, 9.17) is 0 Å². The number of fused-ring (bicyclic) bond motifs is 1. The van der Waals surface area contributed by atoms with E-state index in [2.05, 4.69) is 22.5 Å². The third-order valence-corrected chi connectivity index (χ3v) is 4.82. The van der Waals surface area contributed by atoms with E-state index in [0.717, 1.165) is 25.8 Å². The Morgan fingerprint density at radius 3 is 2.71 bits per heavy atom. The van der Waals surface area contributed by atoms with Crippen molar-refractivity contribution < 1.29 is 9.59 Å². The number of carbonyl (C=O) groups excluding carboxylic acids is 2. The van der Waals surface area contributed by atoms with Crippen LogP contribution in [0.3, 0.4) is 0 Å². The lowest BCUT2D eigenvalue weighted by Crippen LogP contribution is -2.59. The van der Waals surface area contributed by atoms with Gasteiger partial charge in [0.15, 0.2) is 0 Å². The fourth-order valence-electron chi connectivity index (χ4n) is 3.32. The normalized spacial score (nSPS) is 32.3. The molecule has 6 nitrogen and oxygen atoms in total. The molecular formula is C15H28N4O2. The molecule has 2 amide bonds. The van der Waals surface area contributed by atoms with Gasteiger partial charge in [0.1, 0.15) is 6.04 Å². The molecule has 0 aromatic rings. The van der Waals surface area contributed by atoms with Crippen molar-refractivity contribution in [2.24, 2.45) is 0 Å². The molecule has 21 heavy (non-hydrogen) atoms. The maximum absolute atomic E-state index is 12.8. The molecule has 6 heteroatoms. The van der Waals surface area contributed by atoms with Gasteiger partial charge in [0.25, 0.3) is 0 Å². The number of likely N-dealkylation sites (N-methyl/N-ethyl adjacent to an activating group) is 2. The van der Waals surface area contributed by atoms with Crippen molar-refractivity contribution in [3.63, 3.8) is 0 Å². The van der Waals surface area contributed by atoms with Crippen molar-refractivity contribution in [3.8, 4) is 0 Å². The Bertz CT molecular complexity index is 401. The van der Waals surface area contributed by atoms with E-state index in [9.17, 15) is 9.59 Å². The van der Waals surface area contributed by atoms with Gasteiger partial charge in [-0.25, -0.2) is 0 Å².